The zero-order chi connectivity index (χ0) is 32.4. The van der Waals surface area contributed by atoms with Gasteiger partial charge in [-0.1, -0.05) is 115 Å². The molecule has 0 radical (unpaired) electrons. The van der Waals surface area contributed by atoms with Gasteiger partial charge in [0.15, 0.2) is 0 Å². The summed E-state index contributed by atoms with van der Waals surface area (Å²) in [4.78, 5) is 5.40. The zero-order valence-electron chi connectivity index (χ0n) is 27.5. The van der Waals surface area contributed by atoms with Crippen LogP contribution in [0.25, 0.3) is 55.2 Å². The smallest absolute Gasteiger partial charge is 0.399 e. The van der Waals surface area contributed by atoms with Gasteiger partial charge in [-0.2, -0.15) is 0 Å². The van der Waals surface area contributed by atoms with E-state index in [9.17, 15) is 0 Å². The summed E-state index contributed by atoms with van der Waals surface area (Å²) in [5.41, 5.74) is 13.3. The van der Waals surface area contributed by atoms with E-state index in [0.29, 0.717) is 0 Å². The summed E-state index contributed by atoms with van der Waals surface area (Å²) < 4.78 is 13.0. The van der Waals surface area contributed by atoms with E-state index in [0.717, 1.165) is 33.0 Å². The Morgan fingerprint density at radius 3 is 1.69 bits per heavy atom. The summed E-state index contributed by atoms with van der Waals surface area (Å²) in [6.45, 7) is 8.40. The number of pyridine rings is 1. The Hall–Kier alpha value is -5.03. The van der Waals surface area contributed by atoms with Crippen LogP contribution in [-0.2, 0) is 14.7 Å². The van der Waals surface area contributed by atoms with Crippen LogP contribution >= 0.6 is 0 Å². The first kappa shape index (κ1) is 28.0. The molecule has 230 valence electrons. The lowest BCUT2D eigenvalue weighted by molar-refractivity contribution is 0.00578. The van der Waals surface area contributed by atoms with Gasteiger partial charge in [-0.3, -0.25) is 0 Å². The molecule has 3 nitrogen and oxygen atoms in total. The Morgan fingerprint density at radius 2 is 1.04 bits per heavy atom. The highest BCUT2D eigenvalue weighted by Crippen LogP contribution is 2.63. The lowest BCUT2D eigenvalue weighted by Gasteiger charge is -2.32. The quantitative estimate of drug-likeness (QED) is 0.143. The summed E-state index contributed by atoms with van der Waals surface area (Å²) in [7, 11) is -0.449. The number of para-hydroxylation sites is 1. The minimum Gasteiger partial charge on any atom is -0.399 e. The molecule has 4 heteroatoms. The van der Waals surface area contributed by atoms with Crippen molar-refractivity contribution in [1.29, 1.82) is 0 Å². The van der Waals surface area contributed by atoms with Crippen LogP contribution < -0.4 is 5.46 Å². The summed E-state index contributed by atoms with van der Waals surface area (Å²) >= 11 is 0. The molecule has 1 aromatic heterocycles. The lowest BCUT2D eigenvalue weighted by Crippen LogP contribution is -2.41. The maximum absolute atomic E-state index is 6.48. The van der Waals surface area contributed by atoms with Crippen LogP contribution in [0.3, 0.4) is 0 Å². The lowest BCUT2D eigenvalue weighted by atomic mass is 9.70. The first-order chi connectivity index (χ1) is 23.3. The van der Waals surface area contributed by atoms with E-state index in [2.05, 4.69) is 161 Å². The fraction of sp³-hybridized carbons (Fsp3) is 0.159. The van der Waals surface area contributed by atoms with Crippen molar-refractivity contribution in [2.75, 3.05) is 0 Å². The topological polar surface area (TPSA) is 31.4 Å². The highest BCUT2D eigenvalue weighted by Gasteiger charge is 2.53. The molecule has 0 N–H and O–H groups in total. The van der Waals surface area contributed by atoms with Crippen LogP contribution in [0, 0.1) is 0 Å². The van der Waals surface area contributed by atoms with Crippen molar-refractivity contribution < 1.29 is 9.31 Å². The van der Waals surface area contributed by atoms with Gasteiger partial charge in [-0.25, -0.2) is 4.98 Å². The van der Waals surface area contributed by atoms with Crippen molar-refractivity contribution >= 4 is 34.3 Å². The van der Waals surface area contributed by atoms with Crippen molar-refractivity contribution in [3.8, 4) is 33.5 Å². The van der Waals surface area contributed by atoms with Crippen LogP contribution in [0.15, 0.2) is 133 Å². The highest BCUT2D eigenvalue weighted by molar-refractivity contribution is 6.62. The Labute approximate surface area is 281 Å². The second kappa shape index (κ2) is 9.53. The van der Waals surface area contributed by atoms with Gasteiger partial charge in [0.05, 0.1) is 27.8 Å². The van der Waals surface area contributed by atoms with Crippen molar-refractivity contribution in [2.45, 2.75) is 44.3 Å². The van der Waals surface area contributed by atoms with E-state index >= 15 is 0 Å². The average Bonchev–Trinajstić information content (AvgIpc) is 3.66. The Kier molecular flexibility index (Phi) is 5.57. The maximum Gasteiger partial charge on any atom is 0.494 e. The van der Waals surface area contributed by atoms with Crippen molar-refractivity contribution in [3.05, 3.63) is 156 Å². The molecule has 0 unspecified atom stereocenters. The second-order valence-corrected chi connectivity index (χ2v) is 14.5. The molecule has 1 spiro atoms. The number of benzene rings is 6. The van der Waals surface area contributed by atoms with E-state index in [-0.39, 0.29) is 0 Å². The van der Waals surface area contributed by atoms with Gasteiger partial charge in [0.1, 0.15) is 0 Å². The van der Waals surface area contributed by atoms with Crippen molar-refractivity contribution in [3.63, 3.8) is 0 Å². The van der Waals surface area contributed by atoms with Crippen LogP contribution in [0.1, 0.15) is 49.9 Å². The number of hydrogen-bond acceptors (Lipinski definition) is 3. The first-order valence-corrected chi connectivity index (χ1v) is 16.9. The van der Waals surface area contributed by atoms with E-state index in [1.165, 1.54) is 49.9 Å². The second-order valence-electron chi connectivity index (χ2n) is 14.5. The summed E-state index contributed by atoms with van der Waals surface area (Å²) in [5, 5.41) is 3.51. The highest BCUT2D eigenvalue weighted by atomic mass is 16.7. The standard InChI is InChI=1S/C44H34BNO2/c1-42(2)43(3,4)48-45(47-42)28-15-13-14-27(24-28)41-35-26-39-34(25-33(35)32-19-8-12-23-40(32)46-41)31-18-7-11-22-38(31)44(39)36-20-9-5-16-29(36)30-17-6-10-21-37(30)44/h5-26H,1-4H3. The summed E-state index contributed by atoms with van der Waals surface area (Å²) in [6, 6.07) is 49.0. The number of aromatic nitrogens is 1. The molecule has 0 atom stereocenters. The molecule has 6 aromatic carbocycles. The molecule has 1 fully saturated rings. The number of fused-ring (bicyclic) bond motifs is 13. The molecule has 1 saturated heterocycles. The molecular weight excluding hydrogens is 585 g/mol. The van der Waals surface area contributed by atoms with Gasteiger partial charge in [0, 0.05) is 16.3 Å². The van der Waals surface area contributed by atoms with Gasteiger partial charge in [-0.15, -0.1) is 0 Å². The molecule has 3 aliphatic rings. The van der Waals surface area contributed by atoms with E-state index < -0.39 is 23.7 Å². The van der Waals surface area contributed by atoms with Gasteiger partial charge in [0.2, 0.25) is 0 Å². The first-order valence-electron chi connectivity index (χ1n) is 16.9. The van der Waals surface area contributed by atoms with Gasteiger partial charge in [-0.05, 0) is 101 Å². The monoisotopic (exact) mass is 619 g/mol. The zero-order valence-corrected chi connectivity index (χ0v) is 27.5. The van der Waals surface area contributed by atoms with Gasteiger partial charge < -0.3 is 9.31 Å². The summed E-state index contributed by atoms with van der Waals surface area (Å²) in [5.74, 6) is 0. The third-order valence-electron chi connectivity index (χ3n) is 11.5. The third kappa shape index (κ3) is 3.54. The average molecular weight is 620 g/mol. The van der Waals surface area contributed by atoms with Gasteiger partial charge in [0.25, 0.3) is 0 Å². The molecule has 10 rings (SSSR count). The SMILES string of the molecule is CC1(C)OB(c2cccc(-c3nc4ccccc4c4cc5c(cc34)C3(c4ccccc4-c4ccccc43)c3ccccc3-5)c2)OC1(C)C. The molecule has 0 saturated carbocycles. The van der Waals surface area contributed by atoms with Crippen molar-refractivity contribution in [2.24, 2.45) is 0 Å². The molecule has 2 heterocycles. The third-order valence-corrected chi connectivity index (χ3v) is 11.5. The molecule has 1 aliphatic heterocycles. The Balaban J connectivity index is 1.28. The van der Waals surface area contributed by atoms with E-state index in [1.54, 1.807) is 0 Å². The van der Waals surface area contributed by atoms with E-state index in [4.69, 9.17) is 14.3 Å². The van der Waals surface area contributed by atoms with Crippen LogP contribution in [0.2, 0.25) is 0 Å². The molecular formula is C44H34BNO2. The van der Waals surface area contributed by atoms with Gasteiger partial charge >= 0.3 is 7.12 Å². The number of nitrogens with zero attached hydrogens (tertiary/aromatic N) is 1. The maximum atomic E-state index is 6.48. The number of hydrogen-bond donors (Lipinski definition) is 0. The van der Waals surface area contributed by atoms with Crippen LogP contribution in [-0.4, -0.2) is 23.3 Å². The molecule has 0 amide bonds. The predicted octanol–water partition coefficient (Wildman–Crippen LogP) is 9.70. The Bertz CT molecular complexity index is 2430. The molecule has 0 bridgehead atoms. The largest absolute Gasteiger partial charge is 0.494 e. The molecule has 7 aromatic rings. The Morgan fingerprint density at radius 1 is 0.479 bits per heavy atom. The van der Waals surface area contributed by atoms with Crippen LogP contribution in [0.5, 0.6) is 0 Å². The van der Waals surface area contributed by atoms with E-state index in [1.807, 2.05) is 0 Å². The minimum absolute atomic E-state index is 0.416. The summed E-state index contributed by atoms with van der Waals surface area (Å²) in [6.07, 6.45) is 0. The molecule has 48 heavy (non-hydrogen) atoms. The van der Waals surface area contributed by atoms with Crippen molar-refractivity contribution in [1.82, 2.24) is 4.98 Å². The number of rotatable bonds is 2. The van der Waals surface area contributed by atoms with Crippen LogP contribution in [0.4, 0.5) is 0 Å². The fourth-order valence-electron chi connectivity index (χ4n) is 8.57. The normalized spacial score (nSPS) is 17.5. The fourth-order valence-corrected chi connectivity index (χ4v) is 8.57. The molecule has 2 aliphatic carbocycles. The predicted molar refractivity (Wildman–Crippen MR) is 197 cm³/mol. The minimum atomic E-state index is -0.449.